The van der Waals surface area contributed by atoms with Crippen LogP contribution in [0.4, 0.5) is 28.0 Å². The summed E-state index contributed by atoms with van der Waals surface area (Å²) >= 11 is 0. The molecule has 2 amide bonds. The molecule has 0 aliphatic carbocycles. The predicted octanol–water partition coefficient (Wildman–Crippen LogP) is 3.18. The number of halogens is 4. The molecule has 0 radical (unpaired) electrons. The van der Waals surface area contributed by atoms with Gasteiger partial charge in [-0.15, -0.1) is 0 Å². The van der Waals surface area contributed by atoms with Gasteiger partial charge in [-0.25, -0.2) is 14.2 Å². The second kappa shape index (κ2) is 6.14. The molecule has 0 saturated heterocycles. The van der Waals surface area contributed by atoms with Crippen LogP contribution in [0.15, 0.2) is 30.5 Å². The Labute approximate surface area is 134 Å². The van der Waals surface area contributed by atoms with E-state index >= 15 is 0 Å². The molecule has 0 spiro atoms. The zero-order chi connectivity index (χ0) is 17.3. The Morgan fingerprint density at radius 3 is 2.75 bits per heavy atom. The molecule has 1 aromatic heterocycles. The van der Waals surface area contributed by atoms with E-state index in [9.17, 15) is 22.4 Å². The second-order valence-electron chi connectivity index (χ2n) is 5.51. The van der Waals surface area contributed by atoms with E-state index in [0.717, 1.165) is 6.20 Å². The molecule has 9 heteroatoms. The summed E-state index contributed by atoms with van der Waals surface area (Å²) in [6.45, 7) is 0.184. The van der Waals surface area contributed by atoms with Gasteiger partial charge >= 0.3 is 12.2 Å². The molecule has 0 saturated carbocycles. The van der Waals surface area contributed by atoms with E-state index in [0.29, 0.717) is 18.7 Å². The van der Waals surface area contributed by atoms with Crippen LogP contribution in [0.25, 0.3) is 0 Å². The number of hydrogen-bond donors (Lipinski definition) is 2. The molecule has 2 aromatic rings. The number of fused-ring (bicyclic) bond motifs is 1. The van der Waals surface area contributed by atoms with Crippen LogP contribution in [0.3, 0.4) is 0 Å². The number of urea groups is 1. The number of benzene rings is 1. The zero-order valence-electron chi connectivity index (χ0n) is 12.4. The summed E-state index contributed by atoms with van der Waals surface area (Å²) in [5, 5.41) is 5.02. The van der Waals surface area contributed by atoms with Gasteiger partial charge in [-0.05, 0) is 18.6 Å². The van der Waals surface area contributed by atoms with Crippen molar-refractivity contribution in [2.24, 2.45) is 0 Å². The lowest BCUT2D eigenvalue weighted by Gasteiger charge is -2.24. The van der Waals surface area contributed by atoms with E-state index in [1.54, 1.807) is 6.07 Å². The summed E-state index contributed by atoms with van der Waals surface area (Å²) in [7, 11) is 0. The van der Waals surface area contributed by atoms with Crippen LogP contribution in [0.2, 0.25) is 0 Å². The number of amides is 2. The number of carbonyl (C=O) groups excluding carboxylic acids is 1. The highest BCUT2D eigenvalue weighted by molar-refractivity contribution is 5.89. The fourth-order valence-corrected chi connectivity index (χ4v) is 2.60. The standard InChI is InChI=1S/C15H14F4N4O/c16-10-3-1-2-4-11(10)21-14(24)20-9-5-6-13-22-12(15(17,18)19)8-23(13)7-9/h1-4,8-9H,5-7H2,(H2,20,21,24). The van der Waals surface area contributed by atoms with Gasteiger partial charge in [-0.2, -0.15) is 13.2 Å². The molecule has 1 aliphatic rings. The van der Waals surface area contributed by atoms with E-state index in [2.05, 4.69) is 15.6 Å². The molecule has 2 N–H and O–H groups in total. The van der Waals surface area contributed by atoms with Gasteiger partial charge in [0.25, 0.3) is 0 Å². The highest BCUT2D eigenvalue weighted by Crippen LogP contribution is 2.29. The molecule has 5 nitrogen and oxygen atoms in total. The van der Waals surface area contributed by atoms with Crippen LogP contribution in [-0.4, -0.2) is 21.6 Å². The first-order chi connectivity index (χ1) is 11.3. The number of aromatic nitrogens is 2. The van der Waals surface area contributed by atoms with Crippen LogP contribution >= 0.6 is 0 Å². The minimum absolute atomic E-state index is 0.0356. The van der Waals surface area contributed by atoms with Gasteiger partial charge in [-0.1, -0.05) is 12.1 Å². The van der Waals surface area contributed by atoms with Crippen LogP contribution in [-0.2, 0) is 19.1 Å². The topological polar surface area (TPSA) is 59.0 Å². The quantitative estimate of drug-likeness (QED) is 0.824. The lowest BCUT2D eigenvalue weighted by molar-refractivity contribution is -0.141. The minimum Gasteiger partial charge on any atom is -0.333 e. The van der Waals surface area contributed by atoms with Crippen molar-refractivity contribution < 1.29 is 22.4 Å². The first kappa shape index (κ1) is 16.3. The molecule has 0 fully saturated rings. The normalized spacial score (nSPS) is 17.2. The Balaban J connectivity index is 1.63. The van der Waals surface area contributed by atoms with Crippen molar-refractivity contribution >= 4 is 11.7 Å². The first-order valence-corrected chi connectivity index (χ1v) is 7.28. The van der Waals surface area contributed by atoms with Gasteiger partial charge in [0.1, 0.15) is 11.6 Å². The van der Waals surface area contributed by atoms with E-state index in [1.807, 2.05) is 0 Å². The largest absolute Gasteiger partial charge is 0.434 e. The average molecular weight is 342 g/mol. The van der Waals surface area contributed by atoms with Gasteiger partial charge in [0.15, 0.2) is 5.69 Å². The average Bonchev–Trinajstić information content (AvgIpc) is 2.93. The number of nitrogens with zero attached hydrogens (tertiary/aromatic N) is 2. The maximum absolute atomic E-state index is 13.5. The lowest BCUT2D eigenvalue weighted by atomic mass is 10.1. The van der Waals surface area contributed by atoms with E-state index in [-0.39, 0.29) is 18.3 Å². The number of aryl methyl sites for hydroxylation is 1. The SMILES string of the molecule is O=C(Nc1ccccc1F)NC1CCc2nc(C(F)(F)F)cn2C1. The molecule has 1 aromatic carbocycles. The zero-order valence-corrected chi connectivity index (χ0v) is 12.4. The molecule has 128 valence electrons. The monoisotopic (exact) mass is 342 g/mol. The molecule has 0 bridgehead atoms. The van der Waals surface area contributed by atoms with Crippen molar-refractivity contribution in [1.82, 2.24) is 14.9 Å². The first-order valence-electron chi connectivity index (χ1n) is 7.28. The third-order valence-corrected chi connectivity index (χ3v) is 3.74. The molecular weight excluding hydrogens is 328 g/mol. The Hall–Kier alpha value is -2.58. The van der Waals surface area contributed by atoms with Crippen molar-refractivity contribution in [3.8, 4) is 0 Å². The van der Waals surface area contributed by atoms with Crippen molar-refractivity contribution in [3.63, 3.8) is 0 Å². The second-order valence-corrected chi connectivity index (χ2v) is 5.51. The summed E-state index contributed by atoms with van der Waals surface area (Å²) < 4.78 is 52.9. The minimum atomic E-state index is -4.49. The number of hydrogen-bond acceptors (Lipinski definition) is 2. The van der Waals surface area contributed by atoms with E-state index in [4.69, 9.17) is 0 Å². The van der Waals surface area contributed by atoms with Gasteiger partial charge in [0, 0.05) is 25.2 Å². The molecule has 1 unspecified atom stereocenters. The highest BCUT2D eigenvalue weighted by atomic mass is 19.4. The summed E-state index contributed by atoms with van der Waals surface area (Å²) in [6, 6.07) is 4.74. The summed E-state index contributed by atoms with van der Waals surface area (Å²) in [5.74, 6) is -0.224. The Bertz CT molecular complexity index is 756. The summed E-state index contributed by atoms with van der Waals surface area (Å²) in [5.41, 5.74) is -0.901. The third-order valence-electron chi connectivity index (χ3n) is 3.74. The van der Waals surface area contributed by atoms with Crippen LogP contribution in [0.1, 0.15) is 17.9 Å². The maximum atomic E-state index is 13.5. The number of para-hydroxylation sites is 1. The van der Waals surface area contributed by atoms with E-state index < -0.39 is 23.7 Å². The van der Waals surface area contributed by atoms with Crippen molar-refractivity contribution in [3.05, 3.63) is 47.8 Å². The van der Waals surface area contributed by atoms with E-state index in [1.165, 1.54) is 22.8 Å². The van der Waals surface area contributed by atoms with Gasteiger partial charge in [-0.3, -0.25) is 0 Å². The van der Waals surface area contributed by atoms with Crippen LogP contribution < -0.4 is 10.6 Å². The Morgan fingerprint density at radius 1 is 1.29 bits per heavy atom. The molecular formula is C15H14F4N4O. The van der Waals surface area contributed by atoms with Crippen molar-refractivity contribution in [1.29, 1.82) is 0 Å². The summed E-state index contributed by atoms with van der Waals surface area (Å²) in [6.07, 6.45) is -2.77. The fourth-order valence-electron chi connectivity index (χ4n) is 2.60. The Kier molecular flexibility index (Phi) is 4.16. The molecule has 3 rings (SSSR count). The van der Waals surface area contributed by atoms with Crippen molar-refractivity contribution in [2.75, 3.05) is 5.32 Å². The number of imidazole rings is 1. The number of alkyl halides is 3. The molecule has 1 aliphatic heterocycles. The third kappa shape index (κ3) is 3.50. The Morgan fingerprint density at radius 2 is 2.04 bits per heavy atom. The number of anilines is 1. The fraction of sp³-hybridized carbons (Fsp3) is 0.333. The highest BCUT2D eigenvalue weighted by Gasteiger charge is 2.35. The molecule has 1 atom stereocenters. The molecule has 2 heterocycles. The van der Waals surface area contributed by atoms with Gasteiger partial charge < -0.3 is 15.2 Å². The summed E-state index contributed by atoms with van der Waals surface area (Å²) in [4.78, 5) is 15.5. The molecule has 24 heavy (non-hydrogen) atoms. The smallest absolute Gasteiger partial charge is 0.333 e. The maximum Gasteiger partial charge on any atom is 0.434 e. The van der Waals surface area contributed by atoms with Gasteiger partial charge in [0.2, 0.25) is 0 Å². The van der Waals surface area contributed by atoms with Crippen LogP contribution in [0.5, 0.6) is 0 Å². The predicted molar refractivity (Wildman–Crippen MR) is 77.9 cm³/mol. The number of nitrogens with one attached hydrogen (secondary N) is 2. The van der Waals surface area contributed by atoms with Crippen LogP contribution in [0, 0.1) is 5.82 Å². The van der Waals surface area contributed by atoms with Gasteiger partial charge in [0.05, 0.1) is 5.69 Å². The number of carbonyl (C=O) groups is 1. The van der Waals surface area contributed by atoms with Crippen molar-refractivity contribution in [2.45, 2.75) is 31.6 Å². The lowest BCUT2D eigenvalue weighted by Crippen LogP contribution is -2.43. The number of rotatable bonds is 2.